The largest absolute Gasteiger partial charge is 2.00 e. The summed E-state index contributed by atoms with van der Waals surface area (Å²) < 4.78 is 0. The molecule has 0 fully saturated rings. The van der Waals surface area contributed by atoms with E-state index in [0.29, 0.717) is 0 Å². The minimum absolute atomic E-state index is 0. The molecule has 0 radical (unpaired) electrons. The minimum Gasteiger partial charge on any atom is -0.356 e. The molecule has 0 aliphatic heterocycles. The maximum absolute atomic E-state index is 8.25. The molecule has 0 spiro atoms. The van der Waals surface area contributed by atoms with Crippen molar-refractivity contribution < 1.29 is 29.7 Å². The Kier molecular flexibility index (Phi) is 27.5. The van der Waals surface area contributed by atoms with Crippen LogP contribution in [-0.4, -0.2) is 67.5 Å². The van der Waals surface area contributed by atoms with Crippen LogP contribution in [0.15, 0.2) is 0 Å². The van der Waals surface area contributed by atoms with Gasteiger partial charge in [-0.25, -0.2) is 0 Å². The van der Waals surface area contributed by atoms with Gasteiger partial charge in [-0.1, -0.05) is 0 Å². The van der Waals surface area contributed by atoms with Crippen LogP contribution in [0.3, 0.4) is 0 Å². The number of hydrogen-bond donors (Lipinski definition) is 4. The van der Waals surface area contributed by atoms with Gasteiger partial charge in [-0.3, -0.25) is 0 Å². The summed E-state index contributed by atoms with van der Waals surface area (Å²) in [6, 6.07) is 0. The Bertz CT molecular complexity index is 134. The summed E-state index contributed by atoms with van der Waals surface area (Å²) >= 11 is 0. The molecule has 0 aromatic rings. The van der Waals surface area contributed by atoms with Crippen molar-refractivity contribution in [2.45, 2.75) is 0 Å². The average Bonchev–Trinajstić information content (AvgIpc) is 1.83. The molecule has 0 bridgehead atoms. The van der Waals surface area contributed by atoms with Crippen LogP contribution in [0.2, 0.25) is 0 Å². The van der Waals surface area contributed by atoms with Gasteiger partial charge < -0.3 is 50.2 Å². The van der Waals surface area contributed by atoms with Crippen molar-refractivity contribution in [2.24, 2.45) is 0 Å². The van der Waals surface area contributed by atoms with E-state index in [9.17, 15) is 0 Å². The Morgan fingerprint density at radius 1 is 0.733 bits per heavy atom. The summed E-state index contributed by atoms with van der Waals surface area (Å²) in [6.45, 7) is 0. The van der Waals surface area contributed by atoms with E-state index in [4.69, 9.17) is 50.2 Å². The van der Waals surface area contributed by atoms with Crippen LogP contribution in [0.25, 0.3) is 0 Å². The molecule has 15 heteroatoms. The fourth-order valence-electron chi connectivity index (χ4n) is 0. The Hall–Kier alpha value is 0.360. The van der Waals surface area contributed by atoms with Crippen molar-refractivity contribution >= 4 is 53.9 Å². The van der Waals surface area contributed by atoms with Crippen molar-refractivity contribution in [1.82, 2.24) is 0 Å². The summed E-state index contributed by atoms with van der Waals surface area (Å²) in [4.78, 5) is 47.6. The third kappa shape index (κ3) is 115. The van der Waals surface area contributed by atoms with Crippen molar-refractivity contribution in [1.29, 1.82) is 0 Å². The predicted octanol–water partition coefficient (Wildman–Crippen LogP) is -1.36. The molecule has 0 saturated carbocycles. The monoisotopic (exact) mass is 294 g/mol. The van der Waals surface area contributed by atoms with E-state index < -0.39 is 26.3 Å². The first kappa shape index (κ1) is 24.5. The van der Waals surface area contributed by atoms with Crippen LogP contribution >= 0.6 is 16.1 Å². The van der Waals surface area contributed by atoms with Crippen LogP contribution in [0.5, 0.6) is 0 Å². The molecular formula is H4CaN2O10P2. The minimum atomic E-state index is -2.48. The van der Waals surface area contributed by atoms with Crippen LogP contribution in [0.4, 0.5) is 0 Å². The predicted molar refractivity (Wildman–Crippen MR) is 49.2 cm³/mol. The van der Waals surface area contributed by atoms with Gasteiger partial charge in [0.15, 0.2) is 0 Å². The maximum Gasteiger partial charge on any atom is 2.00 e. The quantitative estimate of drug-likeness (QED) is 0.192. The molecule has 15 heavy (non-hydrogen) atoms. The van der Waals surface area contributed by atoms with Gasteiger partial charge in [-0.2, -0.15) is 0 Å². The van der Waals surface area contributed by atoms with Gasteiger partial charge in [0.1, 0.15) is 0 Å². The van der Waals surface area contributed by atoms with Crippen LogP contribution in [-0.2, 0) is 0 Å². The van der Waals surface area contributed by atoms with Crippen LogP contribution < -0.4 is 0 Å². The first-order chi connectivity index (χ1) is 6.11. The first-order valence-corrected chi connectivity index (χ1v) is 5.30. The molecule has 0 aliphatic carbocycles. The van der Waals surface area contributed by atoms with Crippen molar-refractivity contribution in [3.05, 3.63) is 30.6 Å². The summed E-state index contributed by atoms with van der Waals surface area (Å²) in [5.41, 5.74) is 0. The molecule has 0 heterocycles. The Morgan fingerprint density at radius 2 is 0.800 bits per heavy atom. The van der Waals surface area contributed by atoms with Gasteiger partial charge in [0, 0.05) is 0 Å². The van der Waals surface area contributed by atoms with E-state index in [2.05, 4.69) is 0 Å². The number of rotatable bonds is 1. The second-order valence-corrected chi connectivity index (χ2v) is 4.20. The second-order valence-electron chi connectivity index (χ2n) is 0.984. The second kappa shape index (κ2) is 16.8. The summed E-state index contributed by atoms with van der Waals surface area (Å²) in [5.74, 6) is 0. The van der Waals surface area contributed by atoms with Crippen LogP contribution in [0.1, 0.15) is 0 Å². The van der Waals surface area contributed by atoms with Gasteiger partial charge in [0.2, 0.25) is 0 Å². The Labute approximate surface area is 114 Å². The molecular weight excluding hydrogens is 290 g/mol. The molecule has 0 aromatic carbocycles. The molecule has 0 rings (SSSR count). The molecule has 0 amide bonds. The average molecular weight is 294 g/mol. The topological polar surface area (TPSA) is 213 Å². The van der Waals surface area contributed by atoms with Crippen molar-refractivity contribution in [3.8, 4) is 0 Å². The van der Waals surface area contributed by atoms with Gasteiger partial charge in [-0.05, 0) is 0 Å². The zero-order valence-corrected chi connectivity index (χ0v) is 10.7. The molecule has 12 nitrogen and oxygen atoms in total. The summed E-state index contributed by atoms with van der Waals surface area (Å²) in [5, 5.41) is 29.5. The van der Waals surface area contributed by atoms with Gasteiger partial charge in [0.05, 0.1) is 10.2 Å². The van der Waals surface area contributed by atoms with E-state index in [1.54, 1.807) is 0 Å². The SMILES string of the molecule is O=[N+]([O-])[O-].O=[N+]([O-])[O-].OP(O)P(O)O.[Ca+2]. The summed E-state index contributed by atoms with van der Waals surface area (Å²) in [6.07, 6.45) is 0. The summed E-state index contributed by atoms with van der Waals surface area (Å²) in [7, 11) is -4.97. The smallest absolute Gasteiger partial charge is 0.356 e. The Balaban J connectivity index is -0.0000000606. The fraction of sp³-hybridized carbons (Fsp3) is 0. The van der Waals surface area contributed by atoms with E-state index in [1.165, 1.54) is 0 Å². The fourth-order valence-corrected chi connectivity index (χ4v) is 0. The number of nitrogens with zero attached hydrogens (tertiary/aromatic N) is 2. The molecule has 0 unspecified atom stereocenters. The third-order valence-electron chi connectivity index (χ3n) is 0.160. The molecule has 0 saturated heterocycles. The molecule has 86 valence electrons. The molecule has 0 atom stereocenters. The Morgan fingerprint density at radius 3 is 0.800 bits per heavy atom. The standard InChI is InChI=1S/Ca.2NO3.H4O4P2/c;2*2-1(3)4;1-5(2)6(3)4/h;;;1-4H/q+2;2*-1;. The van der Waals surface area contributed by atoms with E-state index in [1.807, 2.05) is 0 Å². The van der Waals surface area contributed by atoms with Gasteiger partial charge in [0.25, 0.3) is 16.1 Å². The molecule has 0 aromatic heterocycles. The molecule has 4 N–H and O–H groups in total. The van der Waals surface area contributed by atoms with Gasteiger partial charge >= 0.3 is 37.7 Å². The third-order valence-corrected chi connectivity index (χ3v) is 1.44. The van der Waals surface area contributed by atoms with E-state index >= 15 is 0 Å². The first-order valence-electron chi connectivity index (χ1n) is 2.10. The zero-order chi connectivity index (χ0) is 12.3. The maximum atomic E-state index is 8.25. The van der Waals surface area contributed by atoms with Gasteiger partial charge in [-0.15, -0.1) is 0 Å². The van der Waals surface area contributed by atoms with Crippen molar-refractivity contribution in [2.75, 3.05) is 0 Å². The normalized spacial score (nSPS) is 7.60. The van der Waals surface area contributed by atoms with E-state index in [0.717, 1.165) is 0 Å². The number of hydrogen-bond acceptors (Lipinski definition) is 10. The van der Waals surface area contributed by atoms with Crippen LogP contribution in [0, 0.1) is 30.6 Å². The molecule has 0 aliphatic rings. The van der Waals surface area contributed by atoms with Crippen molar-refractivity contribution in [3.63, 3.8) is 0 Å². The van der Waals surface area contributed by atoms with E-state index in [-0.39, 0.29) is 37.7 Å². The zero-order valence-electron chi connectivity index (χ0n) is 6.73.